The second-order valence-corrected chi connectivity index (χ2v) is 9.82. The number of hydrogen-bond donors (Lipinski definition) is 1. The molecule has 3 heterocycles. The van der Waals surface area contributed by atoms with Gasteiger partial charge in [-0.2, -0.15) is 0 Å². The van der Waals surface area contributed by atoms with Crippen LogP contribution < -0.4 is 14.2 Å². The van der Waals surface area contributed by atoms with Crippen molar-refractivity contribution in [3.8, 4) is 28.5 Å². The largest absolute Gasteiger partial charge is 0.490 e. The Labute approximate surface area is 241 Å². The molecule has 0 radical (unpaired) electrons. The molecule has 6 rings (SSSR count). The van der Waals surface area contributed by atoms with Crippen LogP contribution in [0, 0.1) is 0 Å². The van der Waals surface area contributed by atoms with E-state index in [0.29, 0.717) is 47.2 Å². The van der Waals surface area contributed by atoms with Gasteiger partial charge in [-0.05, 0) is 54.1 Å². The minimum absolute atomic E-state index is 0.208. The third-order valence-electron chi connectivity index (χ3n) is 6.85. The lowest BCUT2D eigenvalue weighted by Gasteiger charge is -2.24. The van der Waals surface area contributed by atoms with E-state index in [1.807, 2.05) is 60.7 Å². The topological polar surface area (TPSA) is 111 Å². The highest BCUT2D eigenvalue weighted by Gasteiger charge is 2.32. The molecule has 2 aromatic heterocycles. The van der Waals surface area contributed by atoms with Gasteiger partial charge in [-0.1, -0.05) is 36.4 Å². The van der Waals surface area contributed by atoms with Gasteiger partial charge in [0.2, 0.25) is 0 Å². The lowest BCUT2D eigenvalue weighted by Crippen LogP contribution is -2.39. The zero-order valence-electron chi connectivity index (χ0n) is 22.6. The summed E-state index contributed by atoms with van der Waals surface area (Å²) in [7, 11) is 0. The Bertz CT molecular complexity index is 1730. The molecule has 1 N–H and O–H groups in total. The zero-order valence-corrected chi connectivity index (χ0v) is 22.6. The molecule has 1 aliphatic heterocycles. The van der Waals surface area contributed by atoms with Gasteiger partial charge in [0.1, 0.15) is 29.4 Å². The number of carbonyl (C=O) groups excluding carboxylic acids is 1. The molecule has 0 fully saturated rings. The van der Waals surface area contributed by atoms with Crippen molar-refractivity contribution in [1.29, 1.82) is 0 Å². The van der Waals surface area contributed by atoms with Gasteiger partial charge >= 0.3 is 5.97 Å². The Morgan fingerprint density at radius 2 is 1.71 bits per heavy atom. The summed E-state index contributed by atoms with van der Waals surface area (Å²) in [5.74, 6) is 0.209. The van der Waals surface area contributed by atoms with E-state index < -0.39 is 18.7 Å². The van der Waals surface area contributed by atoms with Crippen molar-refractivity contribution in [3.05, 3.63) is 115 Å². The van der Waals surface area contributed by atoms with Crippen LogP contribution in [0.1, 0.15) is 15.9 Å². The van der Waals surface area contributed by atoms with E-state index in [1.165, 1.54) is 0 Å². The van der Waals surface area contributed by atoms with Crippen LogP contribution in [0.4, 0.5) is 0 Å². The zero-order chi connectivity index (χ0) is 28.9. The van der Waals surface area contributed by atoms with E-state index in [2.05, 4.69) is 9.97 Å². The number of hydrogen-bond acceptors (Lipinski definition) is 7. The highest BCUT2D eigenvalue weighted by molar-refractivity contribution is 6.02. The fourth-order valence-corrected chi connectivity index (χ4v) is 4.88. The number of amides is 1. The molecule has 1 aliphatic rings. The Morgan fingerprint density at radius 1 is 0.905 bits per heavy atom. The number of nitrogens with zero attached hydrogens (tertiary/aromatic N) is 3. The van der Waals surface area contributed by atoms with Crippen LogP contribution >= 0.6 is 0 Å². The average molecular weight is 562 g/mol. The summed E-state index contributed by atoms with van der Waals surface area (Å²) in [6, 6.07) is 27.9. The number of pyridine rings is 2. The number of ether oxygens (including phenoxy) is 3. The predicted molar refractivity (Wildman–Crippen MR) is 156 cm³/mol. The fourth-order valence-electron chi connectivity index (χ4n) is 4.88. The van der Waals surface area contributed by atoms with Crippen molar-refractivity contribution >= 4 is 22.8 Å². The maximum absolute atomic E-state index is 14.1. The molecular weight excluding hydrogens is 534 g/mol. The van der Waals surface area contributed by atoms with E-state index in [-0.39, 0.29) is 12.5 Å². The van der Waals surface area contributed by atoms with Crippen LogP contribution in [-0.2, 0) is 11.3 Å². The number of aliphatic carboxylic acids is 1. The van der Waals surface area contributed by atoms with Gasteiger partial charge in [0.15, 0.2) is 12.7 Å². The molecule has 3 aromatic carbocycles. The van der Waals surface area contributed by atoms with Gasteiger partial charge in [-0.3, -0.25) is 14.8 Å². The summed E-state index contributed by atoms with van der Waals surface area (Å²) in [6.45, 7) is 0.451. The van der Waals surface area contributed by atoms with Crippen molar-refractivity contribution in [3.63, 3.8) is 0 Å². The summed E-state index contributed by atoms with van der Waals surface area (Å²) < 4.78 is 17.8. The van der Waals surface area contributed by atoms with E-state index in [4.69, 9.17) is 19.3 Å². The Balaban J connectivity index is 1.30. The molecule has 210 valence electrons. The minimum Gasteiger partial charge on any atom is -0.490 e. The maximum Gasteiger partial charge on any atom is 0.341 e. The average Bonchev–Trinajstić information content (AvgIpc) is 3.15. The van der Waals surface area contributed by atoms with Gasteiger partial charge in [0.25, 0.3) is 5.91 Å². The smallest absolute Gasteiger partial charge is 0.341 e. The number of carboxylic acid groups (broad SMARTS) is 1. The quantitative estimate of drug-likeness (QED) is 0.260. The van der Waals surface area contributed by atoms with Crippen molar-refractivity contribution in [1.82, 2.24) is 14.9 Å². The first-order valence-corrected chi connectivity index (χ1v) is 13.4. The number of benzene rings is 3. The molecule has 5 aromatic rings. The standard InChI is InChI=1S/C33H27N3O6/c37-30(38)21-41-25-11-9-24(10-12-25)32-31-29(14-16-35-32)42-27(19-36(33(31)39)18-22-5-2-1-3-6-22)20-40-26-13-8-23-7-4-15-34-28(23)17-26/h1-17,27H,18-21H2,(H,37,38). The van der Waals surface area contributed by atoms with Crippen LogP contribution in [0.2, 0.25) is 0 Å². The number of rotatable bonds is 9. The van der Waals surface area contributed by atoms with Gasteiger partial charge in [-0.15, -0.1) is 0 Å². The second-order valence-electron chi connectivity index (χ2n) is 9.82. The predicted octanol–water partition coefficient (Wildman–Crippen LogP) is 5.24. The number of aromatic nitrogens is 2. The number of carbonyl (C=O) groups is 2. The maximum atomic E-state index is 14.1. The Kier molecular flexibility index (Phi) is 7.63. The first-order valence-electron chi connectivity index (χ1n) is 13.4. The van der Waals surface area contributed by atoms with Gasteiger partial charge in [0, 0.05) is 36.0 Å². The summed E-state index contributed by atoms with van der Waals surface area (Å²) in [6.07, 6.45) is 2.89. The van der Waals surface area contributed by atoms with Crippen LogP contribution in [0.3, 0.4) is 0 Å². The third-order valence-corrected chi connectivity index (χ3v) is 6.85. The van der Waals surface area contributed by atoms with Gasteiger partial charge in [0.05, 0.1) is 17.8 Å². The summed E-state index contributed by atoms with van der Waals surface area (Å²) >= 11 is 0. The van der Waals surface area contributed by atoms with E-state index in [1.54, 1.807) is 47.6 Å². The van der Waals surface area contributed by atoms with E-state index >= 15 is 0 Å². The monoisotopic (exact) mass is 561 g/mol. The summed E-state index contributed by atoms with van der Waals surface area (Å²) in [5.41, 5.74) is 3.30. The second kappa shape index (κ2) is 12.0. The molecule has 9 heteroatoms. The van der Waals surface area contributed by atoms with Crippen LogP contribution in [0.5, 0.6) is 17.2 Å². The lowest BCUT2D eigenvalue weighted by molar-refractivity contribution is -0.139. The third kappa shape index (κ3) is 6.00. The van der Waals surface area contributed by atoms with Crippen LogP contribution in [0.25, 0.3) is 22.2 Å². The van der Waals surface area contributed by atoms with Crippen molar-refractivity contribution in [2.45, 2.75) is 12.6 Å². The van der Waals surface area contributed by atoms with E-state index in [9.17, 15) is 9.59 Å². The molecule has 0 bridgehead atoms. The first kappa shape index (κ1) is 26.8. The summed E-state index contributed by atoms with van der Waals surface area (Å²) in [5, 5.41) is 9.91. The molecule has 1 amide bonds. The fraction of sp³-hybridized carbons (Fsp3) is 0.152. The minimum atomic E-state index is -1.06. The van der Waals surface area contributed by atoms with Crippen LogP contribution in [0.15, 0.2) is 103 Å². The molecule has 42 heavy (non-hydrogen) atoms. The van der Waals surface area contributed by atoms with Crippen molar-refractivity contribution < 1.29 is 28.9 Å². The Morgan fingerprint density at radius 3 is 2.52 bits per heavy atom. The van der Waals surface area contributed by atoms with Gasteiger partial charge < -0.3 is 24.2 Å². The molecule has 0 saturated carbocycles. The Hall–Kier alpha value is -5.44. The highest BCUT2D eigenvalue weighted by Crippen LogP contribution is 2.34. The molecular formula is C33H27N3O6. The summed E-state index contributed by atoms with van der Waals surface area (Å²) in [4.78, 5) is 35.7. The molecule has 9 nitrogen and oxygen atoms in total. The normalized spacial score (nSPS) is 14.5. The van der Waals surface area contributed by atoms with Gasteiger partial charge in [-0.25, -0.2) is 4.79 Å². The van der Waals surface area contributed by atoms with Crippen molar-refractivity contribution in [2.24, 2.45) is 0 Å². The molecule has 1 unspecified atom stereocenters. The van der Waals surface area contributed by atoms with Crippen molar-refractivity contribution in [2.75, 3.05) is 19.8 Å². The van der Waals surface area contributed by atoms with Crippen LogP contribution in [-0.4, -0.2) is 57.7 Å². The SMILES string of the molecule is O=C(O)COc1ccc(-c2nccc3c2C(=O)N(Cc2ccccc2)CC(COc2ccc4cccnc4c2)O3)cc1. The first-order chi connectivity index (χ1) is 20.5. The van der Waals surface area contributed by atoms with E-state index in [0.717, 1.165) is 16.5 Å². The number of fused-ring (bicyclic) bond motifs is 2. The lowest BCUT2D eigenvalue weighted by atomic mass is 10.0. The highest BCUT2D eigenvalue weighted by atomic mass is 16.5. The molecule has 1 atom stereocenters. The molecule has 0 saturated heterocycles. The number of carboxylic acids is 1. The molecule has 0 aliphatic carbocycles. The molecule has 0 spiro atoms.